The molecule has 2 heterocycles. The third kappa shape index (κ3) is 2.77. The molecule has 2 aromatic rings. The minimum atomic E-state index is -0.660. The molecule has 138 valence electrons. The topological polar surface area (TPSA) is 72.9 Å². The van der Waals surface area contributed by atoms with Gasteiger partial charge in [-0.15, -0.1) is 0 Å². The molecule has 0 unspecified atom stereocenters. The van der Waals surface area contributed by atoms with Crippen LogP contribution in [0.25, 0.3) is 0 Å². The van der Waals surface area contributed by atoms with Gasteiger partial charge in [0.15, 0.2) is 0 Å². The van der Waals surface area contributed by atoms with Crippen molar-refractivity contribution in [3.05, 3.63) is 70.8 Å². The zero-order valence-electron chi connectivity index (χ0n) is 14.9. The molecule has 2 aliphatic heterocycles. The van der Waals surface area contributed by atoms with Gasteiger partial charge in [0.1, 0.15) is 5.60 Å². The van der Waals surface area contributed by atoms with E-state index >= 15 is 0 Å². The van der Waals surface area contributed by atoms with Crippen molar-refractivity contribution in [1.29, 1.82) is 0 Å². The molecule has 4 rings (SSSR count). The molecule has 6 nitrogen and oxygen atoms in total. The zero-order valence-corrected chi connectivity index (χ0v) is 14.9. The fourth-order valence-corrected chi connectivity index (χ4v) is 3.92. The summed E-state index contributed by atoms with van der Waals surface area (Å²) in [5.74, 6) is -1.06. The molecule has 2 aromatic carbocycles. The standard InChI is InChI=1S/C21H19NO5/c1-26-19(24)15-7-3-2-6-14(15)18(23)22-12-10-21(11-13-22)17-9-5-4-8-16(17)20(25)27-21/h2-9H,10-13H2,1H3. The molecule has 0 radical (unpaired) electrons. The van der Waals surface area contributed by atoms with Crippen LogP contribution in [0.3, 0.4) is 0 Å². The lowest BCUT2D eigenvalue weighted by Gasteiger charge is -2.38. The highest BCUT2D eigenvalue weighted by Crippen LogP contribution is 2.44. The van der Waals surface area contributed by atoms with Gasteiger partial charge in [-0.1, -0.05) is 30.3 Å². The summed E-state index contributed by atoms with van der Waals surface area (Å²) >= 11 is 0. The lowest BCUT2D eigenvalue weighted by molar-refractivity contribution is -0.0390. The Morgan fingerprint density at radius 1 is 1.00 bits per heavy atom. The maximum Gasteiger partial charge on any atom is 0.339 e. The van der Waals surface area contributed by atoms with E-state index < -0.39 is 11.6 Å². The molecule has 0 N–H and O–H groups in total. The van der Waals surface area contributed by atoms with Gasteiger partial charge in [0.25, 0.3) is 5.91 Å². The summed E-state index contributed by atoms with van der Waals surface area (Å²) < 4.78 is 10.5. The highest BCUT2D eigenvalue weighted by Gasteiger charge is 2.47. The number of likely N-dealkylation sites (tertiary alicyclic amines) is 1. The number of carbonyl (C=O) groups is 3. The van der Waals surface area contributed by atoms with Crippen molar-refractivity contribution in [3.63, 3.8) is 0 Å². The number of hydrogen-bond acceptors (Lipinski definition) is 5. The Labute approximate surface area is 156 Å². The molecule has 1 amide bonds. The molecule has 0 aromatic heterocycles. The number of hydrogen-bond donors (Lipinski definition) is 0. The SMILES string of the molecule is COC(=O)c1ccccc1C(=O)N1CCC2(CC1)OC(=O)c1ccccc12. The molecule has 0 atom stereocenters. The van der Waals surface area contributed by atoms with E-state index in [1.807, 2.05) is 18.2 Å². The highest BCUT2D eigenvalue weighted by atomic mass is 16.6. The number of benzene rings is 2. The fourth-order valence-electron chi connectivity index (χ4n) is 3.92. The number of nitrogens with zero attached hydrogens (tertiary/aromatic N) is 1. The van der Waals surface area contributed by atoms with Crippen LogP contribution in [0, 0.1) is 0 Å². The Bertz CT molecular complexity index is 928. The number of ether oxygens (including phenoxy) is 2. The van der Waals surface area contributed by atoms with Gasteiger partial charge in [-0.3, -0.25) is 4.79 Å². The molecule has 0 saturated carbocycles. The predicted molar refractivity (Wildman–Crippen MR) is 96.5 cm³/mol. The second-order valence-corrected chi connectivity index (χ2v) is 6.76. The van der Waals surface area contributed by atoms with Crippen molar-refractivity contribution < 1.29 is 23.9 Å². The van der Waals surface area contributed by atoms with E-state index in [-0.39, 0.29) is 17.4 Å². The first kappa shape index (κ1) is 17.3. The molecular formula is C21H19NO5. The number of esters is 2. The molecule has 1 fully saturated rings. The Balaban J connectivity index is 1.55. The average Bonchev–Trinajstić information content (AvgIpc) is 2.99. The van der Waals surface area contributed by atoms with Gasteiger partial charge >= 0.3 is 11.9 Å². The largest absolute Gasteiger partial charge is 0.465 e. The molecular weight excluding hydrogens is 346 g/mol. The predicted octanol–water partition coefficient (Wildman–Crippen LogP) is 2.78. The Morgan fingerprint density at radius 3 is 2.33 bits per heavy atom. The molecule has 1 spiro atoms. The molecule has 6 heteroatoms. The van der Waals surface area contributed by atoms with Gasteiger partial charge in [-0.2, -0.15) is 0 Å². The summed E-state index contributed by atoms with van der Waals surface area (Å²) in [6, 6.07) is 14.0. The minimum absolute atomic E-state index is 0.219. The van der Waals surface area contributed by atoms with Gasteiger partial charge in [0, 0.05) is 31.5 Å². The highest BCUT2D eigenvalue weighted by molar-refractivity contribution is 6.05. The minimum Gasteiger partial charge on any atom is -0.465 e. The van der Waals surface area contributed by atoms with Gasteiger partial charge in [-0.25, -0.2) is 9.59 Å². The van der Waals surface area contributed by atoms with E-state index in [9.17, 15) is 14.4 Å². The smallest absolute Gasteiger partial charge is 0.339 e. The van der Waals surface area contributed by atoms with Crippen LogP contribution in [0.5, 0.6) is 0 Å². The van der Waals surface area contributed by atoms with Gasteiger partial charge in [-0.05, 0) is 18.2 Å². The molecule has 27 heavy (non-hydrogen) atoms. The Hall–Kier alpha value is -3.15. The third-order valence-corrected chi connectivity index (χ3v) is 5.35. The summed E-state index contributed by atoms with van der Waals surface area (Å²) in [5.41, 5.74) is 1.42. The lowest BCUT2D eigenvalue weighted by Crippen LogP contribution is -2.45. The zero-order chi connectivity index (χ0) is 19.0. The van der Waals surface area contributed by atoms with Gasteiger partial charge < -0.3 is 14.4 Å². The second-order valence-electron chi connectivity index (χ2n) is 6.76. The number of piperidine rings is 1. The van der Waals surface area contributed by atoms with Crippen LogP contribution in [-0.4, -0.2) is 42.9 Å². The maximum atomic E-state index is 13.0. The van der Waals surface area contributed by atoms with E-state index in [1.165, 1.54) is 7.11 Å². The number of methoxy groups -OCH3 is 1. The average molecular weight is 365 g/mol. The second kappa shape index (κ2) is 6.54. The first-order valence-electron chi connectivity index (χ1n) is 8.85. The van der Waals surface area contributed by atoms with Crippen LogP contribution in [0.1, 0.15) is 49.5 Å². The van der Waals surface area contributed by atoms with E-state index in [2.05, 4.69) is 0 Å². The van der Waals surface area contributed by atoms with Crippen LogP contribution in [0.2, 0.25) is 0 Å². The lowest BCUT2D eigenvalue weighted by atomic mass is 9.83. The van der Waals surface area contributed by atoms with Crippen molar-refractivity contribution in [2.75, 3.05) is 20.2 Å². The summed E-state index contributed by atoms with van der Waals surface area (Å²) in [5, 5.41) is 0. The molecule has 2 aliphatic rings. The van der Waals surface area contributed by atoms with Gasteiger partial charge in [0.05, 0.1) is 23.8 Å². The van der Waals surface area contributed by atoms with Gasteiger partial charge in [0.2, 0.25) is 0 Å². The van der Waals surface area contributed by atoms with Crippen molar-refractivity contribution in [3.8, 4) is 0 Å². The van der Waals surface area contributed by atoms with Crippen molar-refractivity contribution in [2.45, 2.75) is 18.4 Å². The maximum absolute atomic E-state index is 13.0. The van der Waals surface area contributed by atoms with Crippen molar-refractivity contribution in [2.24, 2.45) is 0 Å². The van der Waals surface area contributed by atoms with Crippen LogP contribution in [-0.2, 0) is 15.1 Å². The third-order valence-electron chi connectivity index (χ3n) is 5.35. The Kier molecular flexibility index (Phi) is 4.18. The van der Waals surface area contributed by atoms with Crippen molar-refractivity contribution in [1.82, 2.24) is 4.90 Å². The Morgan fingerprint density at radius 2 is 1.63 bits per heavy atom. The van der Waals surface area contributed by atoms with E-state index in [4.69, 9.17) is 9.47 Å². The number of rotatable bonds is 2. The first-order chi connectivity index (χ1) is 13.1. The monoisotopic (exact) mass is 365 g/mol. The molecule has 0 bridgehead atoms. The summed E-state index contributed by atoms with van der Waals surface area (Å²) in [4.78, 5) is 38.8. The normalized spacial score (nSPS) is 17.4. The van der Waals surface area contributed by atoms with E-state index in [1.54, 1.807) is 35.2 Å². The van der Waals surface area contributed by atoms with E-state index in [0.717, 1.165) is 5.56 Å². The van der Waals surface area contributed by atoms with Crippen LogP contribution in [0.4, 0.5) is 0 Å². The summed E-state index contributed by atoms with van der Waals surface area (Å²) in [7, 11) is 1.29. The van der Waals surface area contributed by atoms with Crippen LogP contribution < -0.4 is 0 Å². The van der Waals surface area contributed by atoms with Crippen molar-refractivity contribution >= 4 is 17.8 Å². The number of carbonyl (C=O) groups excluding carboxylic acids is 3. The number of fused-ring (bicyclic) bond motifs is 2. The quantitative estimate of drug-likeness (QED) is 0.765. The molecule has 0 aliphatic carbocycles. The fraction of sp³-hybridized carbons (Fsp3) is 0.286. The summed E-state index contributed by atoms with van der Waals surface area (Å²) in [6.45, 7) is 0.881. The van der Waals surface area contributed by atoms with E-state index in [0.29, 0.717) is 37.1 Å². The first-order valence-corrected chi connectivity index (χ1v) is 8.85. The summed E-state index contributed by atoms with van der Waals surface area (Å²) in [6.07, 6.45) is 1.06. The van der Waals surface area contributed by atoms with Crippen LogP contribution in [0.15, 0.2) is 48.5 Å². The molecule has 1 saturated heterocycles. The number of amides is 1. The van der Waals surface area contributed by atoms with Crippen LogP contribution >= 0.6 is 0 Å².